The number of nitrogens with two attached hydrogens (primary N) is 1. The molecule has 16 heavy (non-hydrogen) atoms. The van der Waals surface area contributed by atoms with Crippen molar-refractivity contribution in [3.05, 3.63) is 35.4 Å². The molecule has 6 heteroatoms. The SMILES string of the molecule is NC1=NC(c2ccc(C(F)(F)F)cc2)CO1. The van der Waals surface area contributed by atoms with E-state index in [1.165, 1.54) is 12.1 Å². The van der Waals surface area contributed by atoms with Crippen LogP contribution in [0.3, 0.4) is 0 Å². The van der Waals surface area contributed by atoms with Crippen LogP contribution in [0.25, 0.3) is 0 Å². The molecule has 0 aliphatic carbocycles. The fourth-order valence-electron chi connectivity index (χ4n) is 1.46. The number of amidine groups is 1. The van der Waals surface area contributed by atoms with E-state index in [0.29, 0.717) is 5.56 Å². The Hall–Kier alpha value is -1.72. The topological polar surface area (TPSA) is 47.6 Å². The Morgan fingerprint density at radius 1 is 1.25 bits per heavy atom. The van der Waals surface area contributed by atoms with Crippen LogP contribution in [0.5, 0.6) is 0 Å². The van der Waals surface area contributed by atoms with Gasteiger partial charge in [0.1, 0.15) is 12.6 Å². The summed E-state index contributed by atoms with van der Waals surface area (Å²) < 4.78 is 41.8. The highest BCUT2D eigenvalue weighted by molar-refractivity contribution is 5.73. The van der Waals surface area contributed by atoms with Crippen LogP contribution in [0.15, 0.2) is 29.3 Å². The summed E-state index contributed by atoms with van der Waals surface area (Å²) in [5.74, 6) is 0. The van der Waals surface area contributed by atoms with Crippen LogP contribution >= 0.6 is 0 Å². The molecule has 1 aliphatic rings. The molecule has 3 nitrogen and oxygen atoms in total. The van der Waals surface area contributed by atoms with E-state index in [1.807, 2.05) is 0 Å². The highest BCUT2D eigenvalue weighted by atomic mass is 19.4. The number of nitrogens with zero attached hydrogens (tertiary/aromatic N) is 1. The predicted octanol–water partition coefficient (Wildman–Crippen LogP) is 2.09. The first-order valence-electron chi connectivity index (χ1n) is 4.60. The van der Waals surface area contributed by atoms with E-state index >= 15 is 0 Å². The fraction of sp³-hybridized carbons (Fsp3) is 0.300. The van der Waals surface area contributed by atoms with Crippen molar-refractivity contribution in [3.63, 3.8) is 0 Å². The molecule has 1 unspecified atom stereocenters. The van der Waals surface area contributed by atoms with Crippen LogP contribution in [0.4, 0.5) is 13.2 Å². The highest BCUT2D eigenvalue weighted by Gasteiger charge is 2.30. The number of halogens is 3. The van der Waals surface area contributed by atoms with Crippen LogP contribution in [0.1, 0.15) is 17.2 Å². The van der Waals surface area contributed by atoms with Crippen LogP contribution in [-0.2, 0) is 10.9 Å². The van der Waals surface area contributed by atoms with E-state index < -0.39 is 11.7 Å². The summed E-state index contributed by atoms with van der Waals surface area (Å²) in [6, 6.07) is 4.60. The van der Waals surface area contributed by atoms with Crippen molar-refractivity contribution in [2.24, 2.45) is 10.7 Å². The van der Waals surface area contributed by atoms with Crippen molar-refractivity contribution in [3.8, 4) is 0 Å². The number of aliphatic imine (C=N–C) groups is 1. The van der Waals surface area contributed by atoms with Gasteiger partial charge in [0.05, 0.1) is 5.56 Å². The van der Waals surface area contributed by atoms with E-state index in [-0.39, 0.29) is 18.7 Å². The average Bonchev–Trinajstić information content (AvgIpc) is 2.64. The van der Waals surface area contributed by atoms with Gasteiger partial charge in [-0.15, -0.1) is 0 Å². The Morgan fingerprint density at radius 2 is 1.88 bits per heavy atom. The Labute approximate surface area is 89.7 Å². The minimum atomic E-state index is -4.31. The minimum Gasteiger partial charge on any atom is -0.463 e. The molecule has 2 N–H and O–H groups in total. The lowest BCUT2D eigenvalue weighted by atomic mass is 10.1. The molecule has 0 aromatic heterocycles. The third-order valence-corrected chi connectivity index (χ3v) is 2.29. The Bertz CT molecular complexity index is 411. The van der Waals surface area contributed by atoms with Crippen molar-refractivity contribution in [1.29, 1.82) is 0 Å². The van der Waals surface area contributed by atoms with Crippen molar-refractivity contribution in [2.75, 3.05) is 6.61 Å². The molecular formula is C10H9F3N2O. The second-order valence-corrected chi connectivity index (χ2v) is 3.41. The van der Waals surface area contributed by atoms with Crippen LogP contribution < -0.4 is 5.73 Å². The van der Waals surface area contributed by atoms with Crippen molar-refractivity contribution >= 4 is 6.02 Å². The van der Waals surface area contributed by atoms with Crippen molar-refractivity contribution in [2.45, 2.75) is 12.2 Å². The van der Waals surface area contributed by atoms with E-state index in [9.17, 15) is 13.2 Å². The first-order chi connectivity index (χ1) is 7.47. The summed E-state index contributed by atoms with van der Waals surface area (Å²) in [4.78, 5) is 3.94. The largest absolute Gasteiger partial charge is 0.463 e. The molecule has 0 spiro atoms. The molecule has 0 bridgehead atoms. The fourth-order valence-corrected chi connectivity index (χ4v) is 1.46. The zero-order valence-corrected chi connectivity index (χ0v) is 8.16. The van der Waals surface area contributed by atoms with E-state index in [1.54, 1.807) is 0 Å². The maximum absolute atomic E-state index is 12.3. The number of hydrogen-bond acceptors (Lipinski definition) is 3. The summed E-state index contributed by atoms with van der Waals surface area (Å²) >= 11 is 0. The molecule has 0 radical (unpaired) electrons. The molecule has 0 amide bonds. The summed E-state index contributed by atoms with van der Waals surface area (Å²) in [5, 5.41) is 0. The number of ether oxygens (including phenoxy) is 1. The van der Waals surface area contributed by atoms with Gasteiger partial charge in [0.15, 0.2) is 0 Å². The van der Waals surface area contributed by atoms with Gasteiger partial charge in [-0.25, -0.2) is 4.99 Å². The lowest BCUT2D eigenvalue weighted by Crippen LogP contribution is -2.10. The monoisotopic (exact) mass is 230 g/mol. The molecule has 0 saturated carbocycles. The normalized spacial score (nSPS) is 20.4. The van der Waals surface area contributed by atoms with Crippen LogP contribution in [0, 0.1) is 0 Å². The molecule has 1 atom stereocenters. The van der Waals surface area contributed by atoms with Gasteiger partial charge in [-0.1, -0.05) is 12.1 Å². The zero-order valence-electron chi connectivity index (χ0n) is 8.16. The van der Waals surface area contributed by atoms with Gasteiger partial charge >= 0.3 is 6.18 Å². The van der Waals surface area contributed by atoms with Crippen molar-refractivity contribution in [1.82, 2.24) is 0 Å². The molecule has 0 fully saturated rings. The van der Waals surface area contributed by atoms with Crippen LogP contribution in [0.2, 0.25) is 0 Å². The molecule has 1 aromatic rings. The molecule has 1 aromatic carbocycles. The lowest BCUT2D eigenvalue weighted by Gasteiger charge is -2.09. The molecule has 1 heterocycles. The predicted molar refractivity (Wildman–Crippen MR) is 51.8 cm³/mol. The molecule has 1 aliphatic heterocycles. The van der Waals surface area contributed by atoms with Gasteiger partial charge in [-0.3, -0.25) is 0 Å². The number of benzene rings is 1. The van der Waals surface area contributed by atoms with Gasteiger partial charge in [0, 0.05) is 0 Å². The minimum absolute atomic E-state index is 0.0740. The first kappa shape index (κ1) is 10.8. The third kappa shape index (κ3) is 2.10. The quantitative estimate of drug-likeness (QED) is 0.803. The number of rotatable bonds is 1. The van der Waals surface area contributed by atoms with E-state index in [0.717, 1.165) is 12.1 Å². The van der Waals surface area contributed by atoms with Gasteiger partial charge in [-0.2, -0.15) is 13.2 Å². The summed E-state index contributed by atoms with van der Waals surface area (Å²) in [6.45, 7) is 0.275. The first-order valence-corrected chi connectivity index (χ1v) is 4.60. The second kappa shape index (κ2) is 3.70. The average molecular weight is 230 g/mol. The molecule has 2 rings (SSSR count). The summed E-state index contributed by atoms with van der Waals surface area (Å²) in [6.07, 6.45) is -4.31. The maximum Gasteiger partial charge on any atom is 0.416 e. The van der Waals surface area contributed by atoms with E-state index in [4.69, 9.17) is 10.5 Å². The van der Waals surface area contributed by atoms with Crippen molar-refractivity contribution < 1.29 is 17.9 Å². The Balaban J connectivity index is 2.20. The molecular weight excluding hydrogens is 221 g/mol. The standard InChI is InChI=1S/C10H9F3N2O/c11-10(12,13)7-3-1-6(2-4-7)8-5-16-9(14)15-8/h1-4,8H,5H2,(H2,14,15). The summed E-state index contributed by atoms with van der Waals surface area (Å²) in [5.41, 5.74) is 5.30. The smallest absolute Gasteiger partial charge is 0.416 e. The number of hydrogen-bond donors (Lipinski definition) is 1. The molecule has 86 valence electrons. The maximum atomic E-state index is 12.3. The van der Waals surface area contributed by atoms with Gasteiger partial charge < -0.3 is 10.5 Å². The Kier molecular flexibility index (Phi) is 2.49. The molecule has 0 saturated heterocycles. The Morgan fingerprint density at radius 3 is 2.31 bits per heavy atom. The van der Waals surface area contributed by atoms with E-state index in [2.05, 4.69) is 4.99 Å². The zero-order chi connectivity index (χ0) is 11.8. The van der Waals surface area contributed by atoms with Gasteiger partial charge in [0.2, 0.25) is 0 Å². The number of alkyl halides is 3. The lowest BCUT2D eigenvalue weighted by molar-refractivity contribution is -0.137. The van der Waals surface area contributed by atoms with Crippen LogP contribution in [-0.4, -0.2) is 12.6 Å². The van der Waals surface area contributed by atoms with Gasteiger partial charge in [-0.05, 0) is 17.7 Å². The second-order valence-electron chi connectivity index (χ2n) is 3.41. The van der Waals surface area contributed by atoms with Gasteiger partial charge in [0.25, 0.3) is 6.02 Å². The summed E-state index contributed by atoms with van der Waals surface area (Å²) in [7, 11) is 0. The highest BCUT2D eigenvalue weighted by Crippen LogP contribution is 2.31. The third-order valence-electron chi connectivity index (χ3n) is 2.29.